The number of nitrogens with one attached hydrogen (secondary N) is 3. The Morgan fingerprint density at radius 2 is 2.15 bits per heavy atom. The van der Waals surface area contributed by atoms with Crippen LogP contribution in [0.15, 0.2) is 12.1 Å². The van der Waals surface area contributed by atoms with Crippen molar-refractivity contribution in [1.29, 1.82) is 0 Å². The molecule has 1 aromatic carbocycles. The monoisotopic (exact) mass is 365 g/mol. The Balaban J connectivity index is 2.09. The molecular formula is C16H16FN3O6. The average Bonchev–Trinajstić information content (AvgIpc) is 3.04. The summed E-state index contributed by atoms with van der Waals surface area (Å²) < 4.78 is 24.3. The number of imide groups is 1. The summed E-state index contributed by atoms with van der Waals surface area (Å²) in [7, 11) is 2.59. The summed E-state index contributed by atoms with van der Waals surface area (Å²) in [5.74, 6) is -2.61. The van der Waals surface area contributed by atoms with Gasteiger partial charge in [-0.05, 0) is 23.6 Å². The number of methoxy groups -OCH3 is 1. The Hall–Kier alpha value is -3.17. The van der Waals surface area contributed by atoms with Crippen molar-refractivity contribution < 1.29 is 33.0 Å². The second-order valence-corrected chi connectivity index (χ2v) is 5.98. The molecule has 1 aromatic rings. The molecule has 1 saturated heterocycles. The van der Waals surface area contributed by atoms with Crippen molar-refractivity contribution in [3.8, 4) is 0 Å². The number of carbonyl (C=O) groups is 4. The van der Waals surface area contributed by atoms with Crippen LogP contribution in [0.4, 0.5) is 19.7 Å². The van der Waals surface area contributed by atoms with Crippen molar-refractivity contribution in [2.45, 2.75) is 24.4 Å². The van der Waals surface area contributed by atoms with E-state index >= 15 is 0 Å². The van der Waals surface area contributed by atoms with Gasteiger partial charge < -0.3 is 20.1 Å². The number of fused-ring (bicyclic) bond motifs is 2. The van der Waals surface area contributed by atoms with Crippen LogP contribution in [0.5, 0.6) is 0 Å². The molecule has 0 aromatic heterocycles. The predicted octanol–water partition coefficient (Wildman–Crippen LogP) is 1.09. The average molecular weight is 365 g/mol. The van der Waals surface area contributed by atoms with E-state index in [9.17, 15) is 23.6 Å². The van der Waals surface area contributed by atoms with Crippen molar-refractivity contribution in [3.05, 3.63) is 29.1 Å². The van der Waals surface area contributed by atoms with Crippen molar-refractivity contribution >= 4 is 29.7 Å². The molecule has 4 amide bonds. The SMILES string of the molecule is CNC(=O)Nc1cc2c(cc1F)[C@]1(CC2CC(=O)OC)OC(=O)NC1=O. The molecule has 1 aliphatic carbocycles. The normalized spacial score (nSPS) is 23.3. The zero-order valence-electron chi connectivity index (χ0n) is 14.0. The van der Waals surface area contributed by atoms with Gasteiger partial charge in [-0.25, -0.2) is 14.0 Å². The molecule has 0 radical (unpaired) electrons. The van der Waals surface area contributed by atoms with Gasteiger partial charge in [-0.3, -0.25) is 14.9 Å². The van der Waals surface area contributed by atoms with Crippen LogP contribution in [0.25, 0.3) is 0 Å². The van der Waals surface area contributed by atoms with Crippen LogP contribution in [-0.2, 0) is 24.7 Å². The minimum atomic E-state index is -1.70. The molecule has 26 heavy (non-hydrogen) atoms. The molecule has 138 valence electrons. The summed E-state index contributed by atoms with van der Waals surface area (Å²) in [6, 6.07) is 1.74. The lowest BCUT2D eigenvalue weighted by Crippen LogP contribution is -2.34. The van der Waals surface area contributed by atoms with E-state index in [2.05, 4.69) is 15.4 Å². The van der Waals surface area contributed by atoms with Gasteiger partial charge in [0.15, 0.2) is 0 Å². The Morgan fingerprint density at radius 3 is 2.73 bits per heavy atom. The number of ether oxygens (including phenoxy) is 2. The Bertz CT molecular complexity index is 826. The topological polar surface area (TPSA) is 123 Å². The van der Waals surface area contributed by atoms with Crippen LogP contribution in [-0.4, -0.2) is 38.2 Å². The molecule has 2 atom stereocenters. The lowest BCUT2D eigenvalue weighted by molar-refractivity contribution is -0.142. The van der Waals surface area contributed by atoms with Crippen molar-refractivity contribution in [2.75, 3.05) is 19.5 Å². The van der Waals surface area contributed by atoms with Gasteiger partial charge in [-0.2, -0.15) is 0 Å². The third-order valence-corrected chi connectivity index (χ3v) is 4.51. The van der Waals surface area contributed by atoms with E-state index in [1.54, 1.807) is 0 Å². The van der Waals surface area contributed by atoms with Gasteiger partial charge in [0.2, 0.25) is 5.60 Å². The fourth-order valence-corrected chi connectivity index (χ4v) is 3.33. The maximum atomic E-state index is 14.5. The number of halogens is 1. The fourth-order valence-electron chi connectivity index (χ4n) is 3.33. The first kappa shape index (κ1) is 17.6. The van der Waals surface area contributed by atoms with Crippen molar-refractivity contribution in [2.24, 2.45) is 0 Å². The first-order valence-corrected chi connectivity index (χ1v) is 7.74. The third-order valence-electron chi connectivity index (χ3n) is 4.51. The van der Waals surface area contributed by atoms with E-state index in [1.165, 1.54) is 20.2 Å². The molecule has 10 heteroatoms. The van der Waals surface area contributed by atoms with E-state index in [1.807, 2.05) is 5.32 Å². The number of urea groups is 1. The quantitative estimate of drug-likeness (QED) is 0.689. The summed E-state index contributed by atoms with van der Waals surface area (Å²) >= 11 is 0. The number of benzene rings is 1. The van der Waals surface area contributed by atoms with Crippen molar-refractivity contribution in [1.82, 2.24) is 10.6 Å². The summed E-state index contributed by atoms with van der Waals surface area (Å²) in [6.07, 6.45) is -1.06. The molecular weight excluding hydrogens is 349 g/mol. The standard InChI is InChI=1S/C16H16FN3O6/c1-18-14(23)19-11-4-8-7(3-12(21)25-2)6-16(9(8)5-10(11)17)13(22)20-15(24)26-16/h4-5,7H,3,6H2,1-2H3,(H2,18,19,23)(H,20,22,24)/t7?,16-/m0/s1. The number of amides is 4. The van der Waals surface area contributed by atoms with E-state index in [-0.39, 0.29) is 24.1 Å². The highest BCUT2D eigenvalue weighted by molar-refractivity contribution is 6.04. The zero-order chi connectivity index (χ0) is 19.1. The van der Waals surface area contributed by atoms with Crippen LogP contribution in [0.2, 0.25) is 0 Å². The third kappa shape index (κ3) is 2.72. The number of carbonyl (C=O) groups excluding carboxylic acids is 4. The van der Waals surface area contributed by atoms with Crippen LogP contribution >= 0.6 is 0 Å². The minimum absolute atomic E-state index is 0.0299. The molecule has 1 aliphatic heterocycles. The summed E-state index contributed by atoms with van der Waals surface area (Å²) in [5, 5.41) is 6.66. The Kier molecular flexibility index (Phi) is 4.26. The maximum absolute atomic E-state index is 14.5. The number of hydrogen-bond donors (Lipinski definition) is 3. The molecule has 2 aliphatic rings. The van der Waals surface area contributed by atoms with Gasteiger partial charge in [0.1, 0.15) is 5.82 Å². The zero-order valence-corrected chi connectivity index (χ0v) is 14.0. The molecule has 3 rings (SSSR count). The number of rotatable bonds is 3. The Labute approximate surface area is 147 Å². The van der Waals surface area contributed by atoms with E-state index in [0.717, 1.165) is 6.07 Å². The fraction of sp³-hybridized carbons (Fsp3) is 0.375. The molecule has 1 heterocycles. The van der Waals surface area contributed by atoms with Crippen LogP contribution in [0, 0.1) is 5.82 Å². The van der Waals surface area contributed by atoms with Gasteiger partial charge in [-0.1, -0.05) is 0 Å². The summed E-state index contributed by atoms with van der Waals surface area (Å²) in [5.41, 5.74) is -1.25. The van der Waals surface area contributed by atoms with Gasteiger partial charge in [0, 0.05) is 19.0 Å². The molecule has 1 fully saturated rings. The highest BCUT2D eigenvalue weighted by atomic mass is 19.1. The molecule has 3 N–H and O–H groups in total. The van der Waals surface area contributed by atoms with Gasteiger partial charge in [-0.15, -0.1) is 0 Å². The second kappa shape index (κ2) is 6.28. The number of alkyl carbamates (subject to hydrolysis) is 1. The van der Waals surface area contributed by atoms with Crippen LogP contribution < -0.4 is 16.0 Å². The second-order valence-electron chi connectivity index (χ2n) is 5.98. The molecule has 0 bridgehead atoms. The van der Waals surface area contributed by atoms with Gasteiger partial charge in [0.25, 0.3) is 5.91 Å². The lowest BCUT2D eigenvalue weighted by atomic mass is 9.94. The Morgan fingerprint density at radius 1 is 1.42 bits per heavy atom. The smallest absolute Gasteiger partial charge is 0.415 e. The highest BCUT2D eigenvalue weighted by Gasteiger charge is 2.57. The summed E-state index contributed by atoms with van der Waals surface area (Å²) in [6.45, 7) is 0. The predicted molar refractivity (Wildman–Crippen MR) is 84.8 cm³/mol. The first-order chi connectivity index (χ1) is 12.3. The minimum Gasteiger partial charge on any atom is -0.469 e. The number of esters is 1. The number of anilines is 1. The van der Waals surface area contributed by atoms with E-state index in [4.69, 9.17) is 4.74 Å². The largest absolute Gasteiger partial charge is 0.469 e. The lowest BCUT2D eigenvalue weighted by Gasteiger charge is -2.20. The van der Waals surface area contributed by atoms with E-state index in [0.29, 0.717) is 5.56 Å². The van der Waals surface area contributed by atoms with Crippen LogP contribution in [0.3, 0.4) is 0 Å². The molecule has 1 unspecified atom stereocenters. The number of hydrogen-bond acceptors (Lipinski definition) is 6. The molecule has 9 nitrogen and oxygen atoms in total. The van der Waals surface area contributed by atoms with Crippen molar-refractivity contribution in [3.63, 3.8) is 0 Å². The van der Waals surface area contributed by atoms with E-state index < -0.39 is 41.3 Å². The van der Waals surface area contributed by atoms with Crippen LogP contribution in [0.1, 0.15) is 29.9 Å². The summed E-state index contributed by atoms with van der Waals surface area (Å²) in [4.78, 5) is 47.1. The first-order valence-electron chi connectivity index (χ1n) is 7.74. The molecule has 0 saturated carbocycles. The highest BCUT2D eigenvalue weighted by Crippen LogP contribution is 2.51. The van der Waals surface area contributed by atoms with Gasteiger partial charge in [0.05, 0.1) is 19.2 Å². The molecule has 1 spiro atoms. The maximum Gasteiger partial charge on any atom is 0.415 e. The van der Waals surface area contributed by atoms with Gasteiger partial charge >= 0.3 is 18.1 Å².